The summed E-state index contributed by atoms with van der Waals surface area (Å²) in [5.74, 6) is 0.770. The fourth-order valence-electron chi connectivity index (χ4n) is 3.57. The average Bonchev–Trinajstić information content (AvgIpc) is 3.22. The van der Waals surface area contributed by atoms with Crippen LogP contribution in [0.5, 0.6) is 5.75 Å². The van der Waals surface area contributed by atoms with Gasteiger partial charge in [0, 0.05) is 12.7 Å². The zero-order chi connectivity index (χ0) is 19.7. The van der Waals surface area contributed by atoms with Gasteiger partial charge < -0.3 is 18.8 Å². The lowest BCUT2D eigenvalue weighted by Crippen LogP contribution is -2.37. The minimum Gasteiger partial charge on any atom is -0.496 e. The lowest BCUT2D eigenvalue weighted by atomic mass is 10.2. The molecule has 4 rings (SSSR count). The van der Waals surface area contributed by atoms with Gasteiger partial charge in [-0.05, 0) is 37.1 Å². The van der Waals surface area contributed by atoms with E-state index in [1.165, 1.54) is 14.2 Å². The normalized spacial score (nSPS) is 16.4. The van der Waals surface area contributed by atoms with Gasteiger partial charge in [-0.1, -0.05) is 6.07 Å². The van der Waals surface area contributed by atoms with Crippen LogP contribution in [0, 0.1) is 0 Å². The fourth-order valence-corrected chi connectivity index (χ4v) is 3.57. The zero-order valence-corrected chi connectivity index (χ0v) is 15.5. The molecular formula is C20H19N3O5. The van der Waals surface area contributed by atoms with E-state index in [1.807, 2.05) is 4.90 Å². The Labute approximate surface area is 160 Å². The molecule has 3 heterocycles. The van der Waals surface area contributed by atoms with Crippen molar-refractivity contribution in [3.8, 4) is 17.2 Å². The molecule has 0 spiro atoms. The number of fused-ring (bicyclic) bond motifs is 1. The van der Waals surface area contributed by atoms with Crippen LogP contribution in [0.3, 0.4) is 0 Å². The van der Waals surface area contributed by atoms with Crippen molar-refractivity contribution >= 4 is 22.7 Å². The van der Waals surface area contributed by atoms with Gasteiger partial charge in [0.25, 0.3) is 0 Å². The van der Waals surface area contributed by atoms with Crippen molar-refractivity contribution in [2.75, 3.05) is 25.7 Å². The molecular weight excluding hydrogens is 362 g/mol. The Morgan fingerprint density at radius 2 is 2.11 bits per heavy atom. The predicted molar refractivity (Wildman–Crippen MR) is 102 cm³/mol. The number of hydrogen-bond acceptors (Lipinski definition) is 8. The van der Waals surface area contributed by atoms with Gasteiger partial charge in [0.15, 0.2) is 0 Å². The SMILES string of the molecule is COC(=O)[C@H]1CCCN1c1ncccc1-c1nc2cccc(OC)c2c(=O)o1. The summed E-state index contributed by atoms with van der Waals surface area (Å²) in [5, 5.41) is 0.285. The first-order valence-electron chi connectivity index (χ1n) is 8.91. The van der Waals surface area contributed by atoms with Gasteiger partial charge in [-0.2, -0.15) is 0 Å². The number of benzene rings is 1. The standard InChI is InChI=1S/C20H19N3O5/c1-26-15-9-3-7-13-16(15)20(25)28-18(22-13)12-6-4-10-21-17(12)23-11-5-8-14(23)19(24)27-2/h3-4,6-7,9-10,14H,5,8,11H2,1-2H3/t14-/m1/s1. The van der Waals surface area contributed by atoms with Gasteiger partial charge in [-0.25, -0.2) is 19.6 Å². The molecule has 0 saturated carbocycles. The van der Waals surface area contributed by atoms with Crippen molar-refractivity contribution in [1.82, 2.24) is 9.97 Å². The molecule has 1 saturated heterocycles. The number of esters is 1. The van der Waals surface area contributed by atoms with Crippen LogP contribution < -0.4 is 15.3 Å². The Hall–Kier alpha value is -3.42. The van der Waals surface area contributed by atoms with E-state index < -0.39 is 11.7 Å². The quantitative estimate of drug-likeness (QED) is 0.636. The van der Waals surface area contributed by atoms with Crippen LogP contribution in [-0.2, 0) is 9.53 Å². The Kier molecular flexibility index (Phi) is 4.68. The zero-order valence-electron chi connectivity index (χ0n) is 15.5. The highest BCUT2D eigenvalue weighted by Crippen LogP contribution is 2.33. The monoisotopic (exact) mass is 381 g/mol. The molecule has 28 heavy (non-hydrogen) atoms. The topological polar surface area (TPSA) is 94.8 Å². The number of methoxy groups -OCH3 is 2. The largest absolute Gasteiger partial charge is 0.496 e. The van der Waals surface area contributed by atoms with Crippen molar-refractivity contribution in [1.29, 1.82) is 0 Å². The molecule has 0 N–H and O–H groups in total. The van der Waals surface area contributed by atoms with Crippen LogP contribution in [0.2, 0.25) is 0 Å². The van der Waals surface area contributed by atoms with Crippen LogP contribution in [0.15, 0.2) is 45.7 Å². The van der Waals surface area contributed by atoms with Crippen LogP contribution in [-0.4, -0.2) is 42.7 Å². The van der Waals surface area contributed by atoms with Gasteiger partial charge >= 0.3 is 11.6 Å². The average molecular weight is 381 g/mol. The van der Waals surface area contributed by atoms with E-state index >= 15 is 0 Å². The summed E-state index contributed by atoms with van der Waals surface area (Å²) in [5.41, 5.74) is 0.463. The van der Waals surface area contributed by atoms with Gasteiger partial charge in [0.1, 0.15) is 23.0 Å². The molecule has 0 aliphatic carbocycles. The molecule has 2 aromatic heterocycles. The van der Waals surface area contributed by atoms with E-state index in [2.05, 4.69) is 9.97 Å². The number of pyridine rings is 1. The molecule has 8 nitrogen and oxygen atoms in total. The number of rotatable bonds is 4. The van der Waals surface area contributed by atoms with Gasteiger partial charge in [-0.15, -0.1) is 0 Å². The first kappa shape index (κ1) is 18.0. The predicted octanol–water partition coefficient (Wildman–Crippen LogP) is 2.40. The lowest BCUT2D eigenvalue weighted by Gasteiger charge is -2.25. The summed E-state index contributed by atoms with van der Waals surface area (Å²) >= 11 is 0. The number of ether oxygens (including phenoxy) is 2. The molecule has 0 bridgehead atoms. The van der Waals surface area contributed by atoms with E-state index in [-0.39, 0.29) is 17.2 Å². The van der Waals surface area contributed by atoms with Crippen molar-refractivity contribution < 1.29 is 18.7 Å². The van der Waals surface area contributed by atoms with Crippen LogP contribution in [0.1, 0.15) is 12.8 Å². The van der Waals surface area contributed by atoms with Gasteiger partial charge in [0.05, 0.1) is 25.3 Å². The van der Waals surface area contributed by atoms with Crippen molar-refractivity contribution in [2.24, 2.45) is 0 Å². The molecule has 144 valence electrons. The molecule has 0 amide bonds. The van der Waals surface area contributed by atoms with E-state index in [0.717, 1.165) is 6.42 Å². The maximum atomic E-state index is 12.6. The van der Waals surface area contributed by atoms with E-state index in [0.29, 0.717) is 35.6 Å². The molecule has 0 radical (unpaired) electrons. The molecule has 1 aliphatic heterocycles. The van der Waals surface area contributed by atoms with Crippen molar-refractivity contribution in [3.63, 3.8) is 0 Å². The number of hydrogen-bond donors (Lipinski definition) is 0. The fraction of sp³-hybridized carbons (Fsp3) is 0.300. The second-order valence-electron chi connectivity index (χ2n) is 6.41. The first-order chi connectivity index (χ1) is 13.6. The smallest absolute Gasteiger partial charge is 0.350 e. The molecule has 1 aliphatic rings. The molecule has 1 atom stereocenters. The Morgan fingerprint density at radius 1 is 1.25 bits per heavy atom. The van der Waals surface area contributed by atoms with Gasteiger partial charge in [0.2, 0.25) is 5.89 Å². The summed E-state index contributed by atoms with van der Waals surface area (Å²) in [4.78, 5) is 35.6. The first-order valence-corrected chi connectivity index (χ1v) is 8.91. The third-order valence-corrected chi connectivity index (χ3v) is 4.85. The molecule has 0 unspecified atom stereocenters. The highest BCUT2D eigenvalue weighted by molar-refractivity contribution is 5.86. The molecule has 8 heteroatoms. The maximum Gasteiger partial charge on any atom is 0.350 e. The third kappa shape index (κ3) is 2.96. The highest BCUT2D eigenvalue weighted by Gasteiger charge is 2.34. The number of nitrogens with zero attached hydrogens (tertiary/aromatic N) is 3. The third-order valence-electron chi connectivity index (χ3n) is 4.85. The molecule has 1 aromatic carbocycles. The van der Waals surface area contributed by atoms with Gasteiger partial charge in [-0.3, -0.25) is 0 Å². The minimum absolute atomic E-state index is 0.143. The van der Waals surface area contributed by atoms with Crippen LogP contribution in [0.25, 0.3) is 22.4 Å². The summed E-state index contributed by atoms with van der Waals surface area (Å²) in [6, 6.07) is 8.25. The van der Waals surface area contributed by atoms with Crippen molar-refractivity contribution in [3.05, 3.63) is 46.9 Å². The van der Waals surface area contributed by atoms with E-state index in [4.69, 9.17) is 13.9 Å². The van der Waals surface area contributed by atoms with Crippen molar-refractivity contribution in [2.45, 2.75) is 18.9 Å². The molecule has 3 aromatic rings. The summed E-state index contributed by atoms with van der Waals surface area (Å²) in [7, 11) is 2.86. The summed E-state index contributed by atoms with van der Waals surface area (Å²) in [6.45, 7) is 0.648. The maximum absolute atomic E-state index is 12.6. The van der Waals surface area contributed by atoms with Crippen LogP contribution in [0.4, 0.5) is 5.82 Å². The minimum atomic E-state index is -0.543. The number of carbonyl (C=O) groups is 1. The van der Waals surface area contributed by atoms with E-state index in [1.54, 1.807) is 36.5 Å². The Morgan fingerprint density at radius 3 is 2.89 bits per heavy atom. The Bertz CT molecular complexity index is 1090. The molecule has 1 fully saturated rings. The summed E-state index contributed by atoms with van der Waals surface area (Å²) < 4.78 is 15.7. The number of aromatic nitrogens is 2. The lowest BCUT2D eigenvalue weighted by molar-refractivity contribution is -0.141. The van der Waals surface area contributed by atoms with Crippen LogP contribution >= 0.6 is 0 Å². The van der Waals surface area contributed by atoms with E-state index in [9.17, 15) is 9.59 Å². The number of anilines is 1. The Balaban J connectivity index is 1.85. The summed E-state index contributed by atoms with van der Waals surface area (Å²) in [6.07, 6.45) is 3.14. The second kappa shape index (κ2) is 7.30. The number of carbonyl (C=O) groups excluding carboxylic acids is 1. The highest BCUT2D eigenvalue weighted by atomic mass is 16.5. The second-order valence-corrected chi connectivity index (χ2v) is 6.41.